The molecule has 1 heterocycles. The van der Waals surface area contributed by atoms with E-state index in [2.05, 4.69) is 32.4 Å². The number of anilines is 2. The lowest BCUT2D eigenvalue weighted by Gasteiger charge is -2.11. The Labute approximate surface area is 119 Å². The molecule has 0 aliphatic rings. The van der Waals surface area contributed by atoms with Crippen molar-refractivity contribution in [1.29, 1.82) is 5.26 Å². The number of nitrogens with one attached hydrogen (secondary N) is 1. The maximum atomic E-state index is 13.6. The third kappa shape index (κ3) is 2.47. The molecule has 2 aromatic rings. The van der Waals surface area contributed by atoms with Crippen molar-refractivity contribution in [3.05, 3.63) is 39.2 Å². The minimum Gasteiger partial charge on any atom is -0.339 e. The zero-order chi connectivity index (χ0) is 14.2. The molecule has 0 unspecified atom stereocenters. The summed E-state index contributed by atoms with van der Waals surface area (Å²) in [5.41, 5.74) is 2.59. The topological polar surface area (TPSA) is 53.6 Å². The van der Waals surface area contributed by atoms with Gasteiger partial charge in [-0.1, -0.05) is 0 Å². The van der Waals surface area contributed by atoms with Crippen molar-refractivity contribution in [2.24, 2.45) is 7.05 Å². The van der Waals surface area contributed by atoms with Crippen LogP contribution in [-0.4, -0.2) is 9.78 Å². The van der Waals surface area contributed by atoms with Gasteiger partial charge in [-0.15, -0.1) is 0 Å². The number of rotatable bonds is 2. The third-order valence-electron chi connectivity index (χ3n) is 2.85. The molecule has 4 nitrogen and oxygen atoms in total. The van der Waals surface area contributed by atoms with Crippen molar-refractivity contribution >= 4 is 27.4 Å². The Bertz CT molecular complexity index is 685. The Morgan fingerprint density at radius 3 is 2.74 bits per heavy atom. The van der Waals surface area contributed by atoms with Gasteiger partial charge in [-0.05, 0) is 47.5 Å². The molecule has 0 aliphatic carbocycles. The van der Waals surface area contributed by atoms with Gasteiger partial charge >= 0.3 is 0 Å². The summed E-state index contributed by atoms with van der Waals surface area (Å²) >= 11 is 3.14. The molecule has 0 fully saturated rings. The highest BCUT2D eigenvalue weighted by Gasteiger charge is 2.14. The molecule has 2 rings (SSSR count). The van der Waals surface area contributed by atoms with Crippen molar-refractivity contribution in [2.75, 3.05) is 5.32 Å². The highest BCUT2D eigenvalue weighted by atomic mass is 79.9. The van der Waals surface area contributed by atoms with Gasteiger partial charge in [0.15, 0.2) is 0 Å². The van der Waals surface area contributed by atoms with Gasteiger partial charge in [0, 0.05) is 12.7 Å². The first-order valence-electron chi connectivity index (χ1n) is 5.60. The van der Waals surface area contributed by atoms with Gasteiger partial charge in [0.1, 0.15) is 23.3 Å². The van der Waals surface area contributed by atoms with Gasteiger partial charge in [-0.2, -0.15) is 10.4 Å². The molecule has 0 atom stereocenters. The Hall–Kier alpha value is -1.87. The Kier molecular flexibility index (Phi) is 3.58. The molecule has 0 radical (unpaired) electrons. The van der Waals surface area contributed by atoms with E-state index in [0.29, 0.717) is 27.2 Å². The SMILES string of the molecule is Cc1cc(Br)c(F)cc1Nc1c(C#N)c(C)nn1C. The second kappa shape index (κ2) is 5.02. The fourth-order valence-electron chi connectivity index (χ4n) is 1.84. The molecule has 0 amide bonds. The summed E-state index contributed by atoms with van der Waals surface area (Å²) in [7, 11) is 1.74. The van der Waals surface area contributed by atoms with E-state index in [0.717, 1.165) is 5.56 Å². The van der Waals surface area contributed by atoms with E-state index in [-0.39, 0.29) is 5.82 Å². The largest absolute Gasteiger partial charge is 0.339 e. The van der Waals surface area contributed by atoms with Crippen molar-refractivity contribution < 1.29 is 4.39 Å². The Morgan fingerprint density at radius 2 is 2.11 bits per heavy atom. The molecule has 98 valence electrons. The zero-order valence-corrected chi connectivity index (χ0v) is 12.3. The van der Waals surface area contributed by atoms with Crippen LogP contribution >= 0.6 is 15.9 Å². The summed E-state index contributed by atoms with van der Waals surface area (Å²) in [5, 5.41) is 16.4. The van der Waals surface area contributed by atoms with E-state index in [4.69, 9.17) is 5.26 Å². The zero-order valence-electron chi connectivity index (χ0n) is 10.8. The van der Waals surface area contributed by atoms with E-state index in [1.54, 1.807) is 24.7 Å². The van der Waals surface area contributed by atoms with Crippen LogP contribution in [0.4, 0.5) is 15.9 Å². The smallest absolute Gasteiger partial charge is 0.146 e. The lowest BCUT2D eigenvalue weighted by atomic mass is 10.2. The number of aryl methyl sites for hydroxylation is 3. The first-order valence-corrected chi connectivity index (χ1v) is 6.39. The summed E-state index contributed by atoms with van der Waals surface area (Å²) in [6.45, 7) is 3.63. The molecule has 0 saturated carbocycles. The molecular weight excluding hydrogens is 311 g/mol. The monoisotopic (exact) mass is 322 g/mol. The van der Waals surface area contributed by atoms with Crippen LogP contribution in [0.25, 0.3) is 0 Å². The van der Waals surface area contributed by atoms with Gasteiger partial charge in [0.25, 0.3) is 0 Å². The molecule has 19 heavy (non-hydrogen) atoms. The molecule has 0 spiro atoms. The summed E-state index contributed by atoms with van der Waals surface area (Å²) < 4.78 is 15.6. The maximum Gasteiger partial charge on any atom is 0.146 e. The number of aromatic nitrogens is 2. The average molecular weight is 323 g/mol. The molecule has 0 saturated heterocycles. The lowest BCUT2D eigenvalue weighted by Crippen LogP contribution is -2.02. The number of hydrogen-bond donors (Lipinski definition) is 1. The van der Waals surface area contributed by atoms with E-state index in [9.17, 15) is 4.39 Å². The first kappa shape index (κ1) is 13.6. The molecular formula is C13H12BrFN4. The number of benzene rings is 1. The minimum absolute atomic E-state index is 0.356. The number of hydrogen-bond acceptors (Lipinski definition) is 3. The average Bonchev–Trinajstić information content (AvgIpc) is 2.60. The predicted octanol–water partition coefficient (Wildman–Crippen LogP) is 3.55. The minimum atomic E-state index is -0.356. The van der Waals surface area contributed by atoms with Crippen LogP contribution in [0.1, 0.15) is 16.8 Å². The predicted molar refractivity (Wildman–Crippen MR) is 74.8 cm³/mol. The van der Waals surface area contributed by atoms with E-state index in [1.165, 1.54) is 6.07 Å². The number of nitriles is 1. The third-order valence-corrected chi connectivity index (χ3v) is 3.46. The Balaban J connectivity index is 2.48. The van der Waals surface area contributed by atoms with Gasteiger partial charge in [0.05, 0.1) is 10.2 Å². The van der Waals surface area contributed by atoms with Crippen LogP contribution < -0.4 is 5.32 Å². The van der Waals surface area contributed by atoms with E-state index >= 15 is 0 Å². The lowest BCUT2D eigenvalue weighted by molar-refractivity contribution is 0.621. The van der Waals surface area contributed by atoms with Gasteiger partial charge < -0.3 is 5.32 Å². The molecule has 0 aliphatic heterocycles. The highest BCUT2D eigenvalue weighted by Crippen LogP contribution is 2.28. The molecule has 6 heteroatoms. The number of halogens is 2. The second-order valence-corrected chi connectivity index (χ2v) is 5.11. The summed E-state index contributed by atoms with van der Waals surface area (Å²) in [4.78, 5) is 0. The normalized spacial score (nSPS) is 10.3. The molecule has 1 N–H and O–H groups in total. The van der Waals surface area contributed by atoms with E-state index < -0.39 is 0 Å². The van der Waals surface area contributed by atoms with Crippen LogP contribution in [0.5, 0.6) is 0 Å². The summed E-state index contributed by atoms with van der Waals surface area (Å²) in [6.07, 6.45) is 0. The standard InChI is InChI=1S/C13H12BrFN4/c1-7-4-10(14)11(15)5-12(7)17-13-9(6-16)8(2)18-19(13)3/h4-5,17H,1-3H3. The Morgan fingerprint density at radius 1 is 1.42 bits per heavy atom. The van der Waals surface area contributed by atoms with Crippen molar-refractivity contribution in [2.45, 2.75) is 13.8 Å². The summed E-state index contributed by atoms with van der Waals surface area (Å²) in [5.74, 6) is 0.204. The fourth-order valence-corrected chi connectivity index (χ4v) is 2.30. The fraction of sp³-hybridized carbons (Fsp3) is 0.231. The van der Waals surface area contributed by atoms with Crippen LogP contribution in [0, 0.1) is 31.0 Å². The second-order valence-electron chi connectivity index (χ2n) is 4.25. The van der Waals surface area contributed by atoms with Crippen LogP contribution in [0.15, 0.2) is 16.6 Å². The first-order chi connectivity index (χ1) is 8.93. The van der Waals surface area contributed by atoms with Crippen molar-refractivity contribution in [3.63, 3.8) is 0 Å². The van der Waals surface area contributed by atoms with E-state index in [1.807, 2.05) is 6.92 Å². The molecule has 0 bridgehead atoms. The van der Waals surface area contributed by atoms with Crippen LogP contribution in [0.2, 0.25) is 0 Å². The number of nitrogens with zero attached hydrogens (tertiary/aromatic N) is 3. The van der Waals surface area contributed by atoms with Gasteiger partial charge in [0.2, 0.25) is 0 Å². The van der Waals surface area contributed by atoms with Gasteiger partial charge in [-0.25, -0.2) is 4.39 Å². The van der Waals surface area contributed by atoms with Crippen molar-refractivity contribution in [1.82, 2.24) is 9.78 Å². The summed E-state index contributed by atoms with van der Waals surface area (Å²) in [6, 6.07) is 5.18. The van der Waals surface area contributed by atoms with Crippen LogP contribution in [0.3, 0.4) is 0 Å². The maximum absolute atomic E-state index is 13.6. The van der Waals surface area contributed by atoms with Crippen LogP contribution in [-0.2, 0) is 7.05 Å². The molecule has 1 aromatic carbocycles. The van der Waals surface area contributed by atoms with Crippen molar-refractivity contribution in [3.8, 4) is 6.07 Å². The highest BCUT2D eigenvalue weighted by molar-refractivity contribution is 9.10. The quantitative estimate of drug-likeness (QED) is 0.919. The molecule has 1 aromatic heterocycles. The van der Waals surface area contributed by atoms with Gasteiger partial charge in [-0.3, -0.25) is 4.68 Å².